The van der Waals surface area contributed by atoms with Gasteiger partial charge in [-0.2, -0.15) is 0 Å². The van der Waals surface area contributed by atoms with E-state index in [-0.39, 0.29) is 0 Å². The number of nitrogens with zero attached hydrogens (tertiary/aromatic N) is 2. The Kier molecular flexibility index (Phi) is 4.46. The Balaban J connectivity index is 1.62. The lowest BCUT2D eigenvalue weighted by Gasteiger charge is -2.38. The molecule has 20 heavy (non-hydrogen) atoms. The number of hydrogen-bond acceptors (Lipinski definition) is 3. The minimum atomic E-state index is 0.716. The van der Waals surface area contributed by atoms with Crippen LogP contribution < -0.4 is 10.6 Å². The minimum Gasteiger partial charge on any atom is -0.399 e. The van der Waals surface area contributed by atoms with E-state index >= 15 is 0 Å². The summed E-state index contributed by atoms with van der Waals surface area (Å²) < 4.78 is 0. The SMILES string of the molecule is Nc1ccc(N2CCCCC2CCN2CCCC2)cc1. The van der Waals surface area contributed by atoms with Crippen molar-refractivity contribution in [2.45, 2.75) is 44.6 Å². The minimum absolute atomic E-state index is 0.716. The molecule has 1 aromatic carbocycles. The molecule has 2 aliphatic rings. The Bertz CT molecular complexity index is 409. The molecule has 2 N–H and O–H groups in total. The molecule has 0 aromatic heterocycles. The highest BCUT2D eigenvalue weighted by Gasteiger charge is 2.23. The number of likely N-dealkylation sites (tertiary alicyclic amines) is 1. The molecular formula is C17H27N3. The third-order valence-electron chi connectivity index (χ3n) is 4.83. The summed E-state index contributed by atoms with van der Waals surface area (Å²) in [5, 5.41) is 0. The molecule has 1 unspecified atom stereocenters. The maximum Gasteiger partial charge on any atom is 0.0370 e. The Morgan fingerprint density at radius 2 is 1.65 bits per heavy atom. The Morgan fingerprint density at radius 1 is 0.950 bits per heavy atom. The van der Waals surface area contributed by atoms with Gasteiger partial charge < -0.3 is 15.5 Å². The zero-order valence-corrected chi connectivity index (χ0v) is 12.4. The van der Waals surface area contributed by atoms with Crippen LogP contribution in [-0.2, 0) is 0 Å². The summed E-state index contributed by atoms with van der Waals surface area (Å²) >= 11 is 0. The predicted molar refractivity (Wildman–Crippen MR) is 86.1 cm³/mol. The summed E-state index contributed by atoms with van der Waals surface area (Å²) in [5.74, 6) is 0. The molecule has 0 amide bonds. The van der Waals surface area contributed by atoms with Crippen LogP contribution in [0.3, 0.4) is 0 Å². The van der Waals surface area contributed by atoms with Crippen molar-refractivity contribution >= 4 is 11.4 Å². The van der Waals surface area contributed by atoms with Crippen LogP contribution in [0.25, 0.3) is 0 Å². The van der Waals surface area contributed by atoms with E-state index < -0.39 is 0 Å². The molecule has 0 bridgehead atoms. The summed E-state index contributed by atoms with van der Waals surface area (Å²) in [4.78, 5) is 5.24. The van der Waals surface area contributed by atoms with Gasteiger partial charge in [-0.25, -0.2) is 0 Å². The highest BCUT2D eigenvalue weighted by atomic mass is 15.2. The second-order valence-electron chi connectivity index (χ2n) is 6.27. The van der Waals surface area contributed by atoms with Crippen molar-refractivity contribution in [1.82, 2.24) is 4.90 Å². The molecule has 3 rings (SSSR count). The summed E-state index contributed by atoms with van der Waals surface area (Å²) in [5.41, 5.74) is 8.02. The summed E-state index contributed by atoms with van der Waals surface area (Å²) in [6, 6.07) is 9.14. The summed E-state index contributed by atoms with van der Waals surface area (Å²) in [7, 11) is 0. The number of hydrogen-bond donors (Lipinski definition) is 1. The zero-order valence-electron chi connectivity index (χ0n) is 12.4. The zero-order chi connectivity index (χ0) is 13.8. The van der Waals surface area contributed by atoms with Crippen LogP contribution in [0.2, 0.25) is 0 Å². The summed E-state index contributed by atoms with van der Waals surface area (Å²) in [6.07, 6.45) is 8.15. The molecule has 3 heteroatoms. The molecule has 1 aromatic rings. The quantitative estimate of drug-likeness (QED) is 0.856. The van der Waals surface area contributed by atoms with Crippen molar-refractivity contribution in [3.8, 4) is 0 Å². The van der Waals surface area contributed by atoms with Crippen molar-refractivity contribution in [3.05, 3.63) is 24.3 Å². The first-order valence-corrected chi connectivity index (χ1v) is 8.17. The molecule has 2 saturated heterocycles. The molecule has 2 aliphatic heterocycles. The number of anilines is 2. The van der Waals surface area contributed by atoms with Crippen LogP contribution in [0.1, 0.15) is 38.5 Å². The van der Waals surface area contributed by atoms with Gasteiger partial charge in [0.1, 0.15) is 0 Å². The molecule has 2 heterocycles. The van der Waals surface area contributed by atoms with Gasteiger partial charge in [0, 0.05) is 30.5 Å². The third-order valence-corrected chi connectivity index (χ3v) is 4.83. The van der Waals surface area contributed by atoms with Gasteiger partial charge >= 0.3 is 0 Å². The van der Waals surface area contributed by atoms with Crippen LogP contribution in [0.5, 0.6) is 0 Å². The number of benzene rings is 1. The normalized spacial score (nSPS) is 24.2. The molecule has 2 fully saturated rings. The lowest BCUT2D eigenvalue weighted by Crippen LogP contribution is -2.41. The highest BCUT2D eigenvalue weighted by molar-refractivity contribution is 5.54. The van der Waals surface area contributed by atoms with Crippen molar-refractivity contribution < 1.29 is 0 Å². The lowest BCUT2D eigenvalue weighted by molar-refractivity contribution is 0.305. The molecule has 0 saturated carbocycles. The van der Waals surface area contributed by atoms with Crippen LogP contribution in [-0.4, -0.2) is 37.1 Å². The van der Waals surface area contributed by atoms with Crippen LogP contribution in [0.4, 0.5) is 11.4 Å². The van der Waals surface area contributed by atoms with Crippen molar-refractivity contribution in [2.24, 2.45) is 0 Å². The first kappa shape index (κ1) is 13.7. The molecule has 110 valence electrons. The van der Waals surface area contributed by atoms with E-state index in [0.29, 0.717) is 6.04 Å². The van der Waals surface area contributed by atoms with E-state index in [1.807, 2.05) is 12.1 Å². The number of piperidine rings is 1. The Labute approximate surface area is 122 Å². The second-order valence-corrected chi connectivity index (χ2v) is 6.27. The van der Waals surface area contributed by atoms with Gasteiger partial charge in [-0.05, 0) is 75.9 Å². The maximum absolute atomic E-state index is 5.81. The smallest absolute Gasteiger partial charge is 0.0370 e. The Morgan fingerprint density at radius 3 is 2.40 bits per heavy atom. The van der Waals surface area contributed by atoms with Crippen LogP contribution in [0.15, 0.2) is 24.3 Å². The average molecular weight is 273 g/mol. The predicted octanol–water partition coefficient (Wildman–Crippen LogP) is 3.11. The first-order chi connectivity index (χ1) is 9.83. The lowest BCUT2D eigenvalue weighted by atomic mass is 9.98. The second kappa shape index (κ2) is 6.49. The average Bonchev–Trinajstić information content (AvgIpc) is 3.00. The maximum atomic E-state index is 5.81. The number of nitrogens with two attached hydrogens (primary N) is 1. The summed E-state index contributed by atoms with van der Waals surface area (Å²) in [6.45, 7) is 5.11. The van der Waals surface area contributed by atoms with Crippen molar-refractivity contribution in [2.75, 3.05) is 36.8 Å². The largest absolute Gasteiger partial charge is 0.399 e. The fraction of sp³-hybridized carbons (Fsp3) is 0.647. The van der Waals surface area contributed by atoms with Gasteiger partial charge in [-0.1, -0.05) is 0 Å². The van der Waals surface area contributed by atoms with Crippen LogP contribution in [0, 0.1) is 0 Å². The molecule has 1 atom stereocenters. The van der Waals surface area contributed by atoms with Gasteiger partial charge in [-0.15, -0.1) is 0 Å². The third kappa shape index (κ3) is 3.26. The van der Waals surface area contributed by atoms with E-state index in [2.05, 4.69) is 21.9 Å². The van der Waals surface area contributed by atoms with Gasteiger partial charge in [0.2, 0.25) is 0 Å². The number of nitrogen functional groups attached to an aromatic ring is 1. The van der Waals surface area contributed by atoms with E-state index in [4.69, 9.17) is 5.73 Å². The van der Waals surface area contributed by atoms with E-state index in [0.717, 1.165) is 5.69 Å². The van der Waals surface area contributed by atoms with Gasteiger partial charge in [-0.3, -0.25) is 0 Å². The molecule has 0 radical (unpaired) electrons. The topological polar surface area (TPSA) is 32.5 Å². The van der Waals surface area contributed by atoms with Crippen molar-refractivity contribution in [3.63, 3.8) is 0 Å². The van der Waals surface area contributed by atoms with E-state index in [1.165, 1.54) is 70.4 Å². The van der Waals surface area contributed by atoms with Crippen molar-refractivity contribution in [1.29, 1.82) is 0 Å². The van der Waals surface area contributed by atoms with Gasteiger partial charge in [0.15, 0.2) is 0 Å². The molecular weight excluding hydrogens is 246 g/mol. The standard InChI is InChI=1S/C17H27N3/c18-15-6-8-17(9-7-15)20-13-2-1-5-16(20)10-14-19-11-3-4-12-19/h6-9,16H,1-5,10-14,18H2. The fourth-order valence-corrected chi connectivity index (χ4v) is 3.64. The highest BCUT2D eigenvalue weighted by Crippen LogP contribution is 2.27. The fourth-order valence-electron chi connectivity index (χ4n) is 3.64. The Hall–Kier alpha value is -1.22. The molecule has 0 spiro atoms. The van der Waals surface area contributed by atoms with Crippen LogP contribution >= 0.6 is 0 Å². The van der Waals surface area contributed by atoms with E-state index in [9.17, 15) is 0 Å². The molecule has 0 aliphatic carbocycles. The number of rotatable bonds is 4. The van der Waals surface area contributed by atoms with E-state index in [1.54, 1.807) is 0 Å². The molecule has 3 nitrogen and oxygen atoms in total. The first-order valence-electron chi connectivity index (χ1n) is 8.17. The van der Waals surface area contributed by atoms with Gasteiger partial charge in [0.05, 0.1) is 0 Å². The monoisotopic (exact) mass is 273 g/mol. The van der Waals surface area contributed by atoms with Gasteiger partial charge in [0.25, 0.3) is 0 Å².